The smallest absolute Gasteiger partial charge is 0.255 e. The summed E-state index contributed by atoms with van der Waals surface area (Å²) in [5.74, 6) is 1.09. The zero-order valence-electron chi connectivity index (χ0n) is 15.2. The molecule has 0 saturated carbocycles. The lowest BCUT2D eigenvalue weighted by Gasteiger charge is -2.17. The van der Waals surface area contributed by atoms with Gasteiger partial charge in [-0.05, 0) is 50.1 Å². The molecule has 0 bridgehead atoms. The Labute approximate surface area is 148 Å². The molecule has 1 amide bonds. The summed E-state index contributed by atoms with van der Waals surface area (Å²) < 4.78 is 10.7. The Morgan fingerprint density at radius 3 is 2.44 bits per heavy atom. The second-order valence-corrected chi connectivity index (χ2v) is 6.13. The third-order valence-corrected chi connectivity index (χ3v) is 4.73. The molecule has 0 unspecified atom stereocenters. The number of rotatable bonds is 5. The van der Waals surface area contributed by atoms with Crippen molar-refractivity contribution in [1.82, 2.24) is 0 Å². The molecular formula is C20H24N2O3. The van der Waals surface area contributed by atoms with E-state index in [0.717, 1.165) is 30.8 Å². The van der Waals surface area contributed by atoms with Crippen LogP contribution >= 0.6 is 0 Å². The molecule has 1 aliphatic heterocycles. The highest BCUT2D eigenvalue weighted by molar-refractivity contribution is 6.05. The Morgan fingerprint density at radius 2 is 1.84 bits per heavy atom. The second kappa shape index (κ2) is 7.05. The lowest BCUT2D eigenvalue weighted by molar-refractivity contribution is 0.102. The van der Waals surface area contributed by atoms with E-state index in [1.165, 1.54) is 11.3 Å². The molecule has 3 rings (SSSR count). The van der Waals surface area contributed by atoms with E-state index in [4.69, 9.17) is 9.47 Å². The maximum atomic E-state index is 12.7. The third kappa shape index (κ3) is 3.27. The van der Waals surface area contributed by atoms with Gasteiger partial charge in [-0.2, -0.15) is 0 Å². The predicted molar refractivity (Wildman–Crippen MR) is 100 cm³/mol. The van der Waals surface area contributed by atoms with Crippen molar-refractivity contribution in [2.75, 3.05) is 37.5 Å². The Hall–Kier alpha value is -2.69. The van der Waals surface area contributed by atoms with Crippen molar-refractivity contribution in [3.63, 3.8) is 0 Å². The Balaban J connectivity index is 1.86. The van der Waals surface area contributed by atoms with Gasteiger partial charge in [0.05, 0.1) is 14.2 Å². The minimum absolute atomic E-state index is 0.183. The third-order valence-electron chi connectivity index (χ3n) is 4.73. The van der Waals surface area contributed by atoms with Crippen LogP contribution in [-0.4, -0.2) is 33.2 Å². The average molecular weight is 340 g/mol. The first-order valence-electron chi connectivity index (χ1n) is 8.49. The van der Waals surface area contributed by atoms with Gasteiger partial charge >= 0.3 is 0 Å². The number of methoxy groups -OCH3 is 2. The van der Waals surface area contributed by atoms with Gasteiger partial charge in [0.25, 0.3) is 5.91 Å². The highest BCUT2D eigenvalue weighted by Crippen LogP contribution is 2.32. The zero-order chi connectivity index (χ0) is 18.0. The number of nitrogens with one attached hydrogen (secondary N) is 1. The van der Waals surface area contributed by atoms with E-state index in [2.05, 4.69) is 23.2 Å². The molecule has 0 atom stereocenters. The Morgan fingerprint density at radius 1 is 1.16 bits per heavy atom. The summed E-state index contributed by atoms with van der Waals surface area (Å²) in [6, 6.07) is 9.57. The number of ether oxygens (including phenoxy) is 2. The molecule has 132 valence electrons. The second-order valence-electron chi connectivity index (χ2n) is 6.13. The molecule has 25 heavy (non-hydrogen) atoms. The van der Waals surface area contributed by atoms with E-state index in [9.17, 15) is 4.79 Å². The van der Waals surface area contributed by atoms with Crippen molar-refractivity contribution >= 4 is 17.3 Å². The van der Waals surface area contributed by atoms with Gasteiger partial charge in [0, 0.05) is 35.6 Å². The molecule has 2 aromatic carbocycles. The van der Waals surface area contributed by atoms with Gasteiger partial charge in [-0.15, -0.1) is 0 Å². The van der Waals surface area contributed by atoms with Crippen LogP contribution in [0.1, 0.15) is 28.4 Å². The van der Waals surface area contributed by atoms with Crippen LogP contribution in [0.25, 0.3) is 0 Å². The van der Waals surface area contributed by atoms with Crippen LogP contribution in [0.2, 0.25) is 0 Å². The first kappa shape index (κ1) is 17.1. The van der Waals surface area contributed by atoms with Crippen LogP contribution < -0.4 is 19.7 Å². The van der Waals surface area contributed by atoms with Gasteiger partial charge in [-0.3, -0.25) is 4.79 Å². The summed E-state index contributed by atoms with van der Waals surface area (Å²) in [6.45, 7) is 6.05. The summed E-state index contributed by atoms with van der Waals surface area (Å²) in [5, 5.41) is 2.98. The number of hydrogen-bond acceptors (Lipinski definition) is 4. The molecule has 0 radical (unpaired) electrons. The number of hydrogen-bond donors (Lipinski definition) is 1. The fraction of sp³-hybridized carbons (Fsp3) is 0.350. The van der Waals surface area contributed by atoms with Crippen LogP contribution in [0.3, 0.4) is 0 Å². The van der Waals surface area contributed by atoms with Crippen molar-refractivity contribution in [1.29, 1.82) is 0 Å². The Bertz CT molecular complexity index is 777. The topological polar surface area (TPSA) is 50.8 Å². The van der Waals surface area contributed by atoms with E-state index in [1.807, 2.05) is 19.1 Å². The lowest BCUT2D eigenvalue weighted by atomic mass is 10.1. The zero-order valence-corrected chi connectivity index (χ0v) is 15.2. The van der Waals surface area contributed by atoms with Gasteiger partial charge in [0.1, 0.15) is 11.5 Å². The van der Waals surface area contributed by atoms with Crippen molar-refractivity contribution in [3.05, 3.63) is 47.0 Å². The summed E-state index contributed by atoms with van der Waals surface area (Å²) in [7, 11) is 3.17. The standard InChI is InChI=1S/C20H24N2O3/c1-5-22-9-8-14-6-7-16(12-17(14)22)21-20(23)15-10-18(24-3)13(2)19(11-15)25-4/h6-7,10-12H,5,8-9H2,1-4H3,(H,21,23). The SMILES string of the molecule is CCN1CCc2ccc(NC(=O)c3cc(OC)c(C)c(OC)c3)cc21. The van der Waals surface area contributed by atoms with Gasteiger partial charge in [0.2, 0.25) is 0 Å². The van der Waals surface area contributed by atoms with E-state index in [0.29, 0.717) is 17.1 Å². The van der Waals surface area contributed by atoms with Gasteiger partial charge in [-0.1, -0.05) is 6.07 Å². The summed E-state index contributed by atoms with van der Waals surface area (Å²) in [6.07, 6.45) is 1.06. The highest BCUT2D eigenvalue weighted by Gasteiger charge is 2.19. The summed E-state index contributed by atoms with van der Waals surface area (Å²) in [4.78, 5) is 15.0. The minimum atomic E-state index is -0.183. The molecule has 5 heteroatoms. The molecular weight excluding hydrogens is 316 g/mol. The first-order chi connectivity index (χ1) is 12.1. The maximum absolute atomic E-state index is 12.7. The lowest BCUT2D eigenvalue weighted by Crippen LogP contribution is -2.19. The predicted octanol–water partition coefficient (Wildman–Crippen LogP) is 3.65. The molecule has 0 spiro atoms. The number of carbonyl (C=O) groups is 1. The molecule has 1 N–H and O–H groups in total. The fourth-order valence-corrected chi connectivity index (χ4v) is 3.27. The van der Waals surface area contributed by atoms with E-state index >= 15 is 0 Å². The molecule has 1 heterocycles. The number of fused-ring (bicyclic) bond motifs is 1. The molecule has 0 saturated heterocycles. The number of benzene rings is 2. The first-order valence-corrected chi connectivity index (χ1v) is 8.49. The summed E-state index contributed by atoms with van der Waals surface area (Å²) in [5.41, 5.74) is 4.71. The van der Waals surface area contributed by atoms with Crippen LogP contribution in [0.4, 0.5) is 11.4 Å². The summed E-state index contributed by atoms with van der Waals surface area (Å²) >= 11 is 0. The van der Waals surface area contributed by atoms with Gasteiger partial charge in [0.15, 0.2) is 0 Å². The molecule has 0 fully saturated rings. The normalized spacial score (nSPS) is 12.7. The number of carbonyl (C=O) groups excluding carboxylic acids is 1. The monoisotopic (exact) mass is 340 g/mol. The average Bonchev–Trinajstić information content (AvgIpc) is 3.04. The molecule has 0 aliphatic carbocycles. The maximum Gasteiger partial charge on any atom is 0.255 e. The molecule has 5 nitrogen and oxygen atoms in total. The van der Waals surface area contributed by atoms with Crippen molar-refractivity contribution in [3.8, 4) is 11.5 Å². The van der Waals surface area contributed by atoms with E-state index in [-0.39, 0.29) is 5.91 Å². The van der Waals surface area contributed by atoms with Crippen molar-refractivity contribution in [2.45, 2.75) is 20.3 Å². The van der Waals surface area contributed by atoms with Gasteiger partial charge in [-0.25, -0.2) is 0 Å². The molecule has 2 aromatic rings. The minimum Gasteiger partial charge on any atom is -0.496 e. The highest BCUT2D eigenvalue weighted by atomic mass is 16.5. The van der Waals surface area contributed by atoms with Crippen LogP contribution in [0.5, 0.6) is 11.5 Å². The molecule has 1 aliphatic rings. The number of likely N-dealkylation sites (N-methyl/N-ethyl adjacent to an activating group) is 1. The fourth-order valence-electron chi connectivity index (χ4n) is 3.27. The van der Waals surface area contributed by atoms with Crippen LogP contribution in [-0.2, 0) is 6.42 Å². The molecule has 0 aromatic heterocycles. The largest absolute Gasteiger partial charge is 0.496 e. The van der Waals surface area contributed by atoms with E-state index in [1.54, 1.807) is 26.4 Å². The van der Waals surface area contributed by atoms with Gasteiger partial charge < -0.3 is 19.7 Å². The van der Waals surface area contributed by atoms with Crippen LogP contribution in [0, 0.1) is 6.92 Å². The Kier molecular flexibility index (Phi) is 4.83. The number of nitrogens with zero attached hydrogens (tertiary/aromatic N) is 1. The van der Waals surface area contributed by atoms with Crippen LogP contribution in [0.15, 0.2) is 30.3 Å². The number of anilines is 2. The number of amides is 1. The van der Waals surface area contributed by atoms with Crippen molar-refractivity contribution < 1.29 is 14.3 Å². The van der Waals surface area contributed by atoms with E-state index < -0.39 is 0 Å². The van der Waals surface area contributed by atoms with Crippen molar-refractivity contribution in [2.24, 2.45) is 0 Å². The quantitative estimate of drug-likeness (QED) is 0.903.